The first-order valence-corrected chi connectivity index (χ1v) is 14.4. The summed E-state index contributed by atoms with van der Waals surface area (Å²) >= 11 is 2.26. The number of carbonyl (C=O) groups is 1. The summed E-state index contributed by atoms with van der Waals surface area (Å²) in [4.78, 5) is 15.7. The Morgan fingerprint density at radius 2 is 1.87 bits per heavy atom. The van der Waals surface area contributed by atoms with Crippen LogP contribution in [0.15, 0.2) is 48.5 Å². The second-order valence-corrected chi connectivity index (χ2v) is 13.9. The largest absolute Gasteiger partial charge is 0.396 e. The number of aliphatic hydroxyl groups is 1. The number of hydrogen-bond donors (Lipinski definition) is 1. The van der Waals surface area contributed by atoms with Gasteiger partial charge in [0.25, 0.3) is 5.91 Å². The standard InChI is InChI=1S/C23H27FINO3Si/c1-15-21(30(2,3)24)20(12-13-27)29-23(15)18-6-4-5-7-19(18)26(22(23)28)14-16-8-10-17(25)11-9-16/h4-11,15,20-21,27H,12-14H2,1-3H3/t15-,20+,21-,23+/m0/s1. The molecule has 4 atom stereocenters. The molecule has 0 radical (unpaired) electrons. The monoisotopic (exact) mass is 539 g/mol. The van der Waals surface area contributed by atoms with Crippen molar-refractivity contribution in [1.29, 1.82) is 0 Å². The van der Waals surface area contributed by atoms with E-state index in [9.17, 15) is 9.90 Å². The van der Waals surface area contributed by atoms with Crippen LogP contribution >= 0.6 is 22.6 Å². The number of ether oxygens (including phenoxy) is 1. The Kier molecular flexibility index (Phi) is 5.84. The first-order chi connectivity index (χ1) is 14.2. The van der Waals surface area contributed by atoms with E-state index in [2.05, 4.69) is 22.6 Å². The lowest BCUT2D eigenvalue weighted by Crippen LogP contribution is -2.45. The first-order valence-electron chi connectivity index (χ1n) is 10.3. The second-order valence-electron chi connectivity index (χ2n) is 8.82. The number of carbonyl (C=O) groups excluding carboxylic acids is 1. The number of amides is 1. The highest BCUT2D eigenvalue weighted by molar-refractivity contribution is 14.1. The molecule has 160 valence electrons. The van der Waals surface area contributed by atoms with Crippen LogP contribution in [0.3, 0.4) is 0 Å². The molecule has 0 saturated carbocycles. The Labute approximate surface area is 191 Å². The Balaban J connectivity index is 1.78. The lowest BCUT2D eigenvalue weighted by atomic mass is 9.82. The minimum atomic E-state index is -3.14. The van der Waals surface area contributed by atoms with Crippen LogP contribution in [0.2, 0.25) is 18.6 Å². The van der Waals surface area contributed by atoms with Crippen molar-refractivity contribution in [2.75, 3.05) is 11.5 Å². The molecule has 2 aromatic rings. The average Bonchev–Trinajstić information content (AvgIpc) is 3.12. The highest BCUT2D eigenvalue weighted by Gasteiger charge is 2.66. The molecule has 2 aliphatic heterocycles. The summed E-state index contributed by atoms with van der Waals surface area (Å²) in [5.74, 6) is -0.436. The van der Waals surface area contributed by atoms with Crippen molar-refractivity contribution >= 4 is 42.6 Å². The third-order valence-corrected chi connectivity index (χ3v) is 9.71. The lowest BCUT2D eigenvalue weighted by molar-refractivity contribution is -0.146. The predicted octanol–water partition coefficient (Wildman–Crippen LogP) is 5.00. The van der Waals surface area contributed by atoms with Gasteiger partial charge in [0, 0.05) is 27.2 Å². The van der Waals surface area contributed by atoms with Gasteiger partial charge in [-0.3, -0.25) is 4.79 Å². The van der Waals surface area contributed by atoms with Crippen molar-refractivity contribution in [2.24, 2.45) is 5.92 Å². The topological polar surface area (TPSA) is 49.8 Å². The minimum Gasteiger partial charge on any atom is -0.396 e. The van der Waals surface area contributed by atoms with E-state index >= 15 is 4.11 Å². The number of hydrogen-bond acceptors (Lipinski definition) is 3. The van der Waals surface area contributed by atoms with Crippen molar-refractivity contribution in [3.8, 4) is 0 Å². The average molecular weight is 539 g/mol. The van der Waals surface area contributed by atoms with Gasteiger partial charge >= 0.3 is 0 Å². The molecular weight excluding hydrogens is 512 g/mol. The van der Waals surface area contributed by atoms with E-state index in [-0.39, 0.29) is 24.0 Å². The highest BCUT2D eigenvalue weighted by atomic mass is 127. The lowest BCUT2D eigenvalue weighted by Gasteiger charge is -2.31. The van der Waals surface area contributed by atoms with Gasteiger partial charge in [0.1, 0.15) is 0 Å². The zero-order valence-electron chi connectivity index (χ0n) is 17.4. The van der Waals surface area contributed by atoms with Crippen LogP contribution in [-0.2, 0) is 21.7 Å². The molecule has 1 spiro atoms. The van der Waals surface area contributed by atoms with Crippen molar-refractivity contribution in [3.05, 3.63) is 63.2 Å². The number of rotatable bonds is 5. The van der Waals surface area contributed by atoms with Crippen molar-refractivity contribution in [2.45, 2.75) is 50.2 Å². The van der Waals surface area contributed by atoms with E-state index in [4.69, 9.17) is 4.74 Å². The van der Waals surface area contributed by atoms with Gasteiger partial charge in [-0.05, 0) is 65.9 Å². The summed E-state index contributed by atoms with van der Waals surface area (Å²) in [5, 5.41) is 9.58. The molecule has 1 saturated heterocycles. The maximum absolute atomic E-state index is 15.4. The summed E-state index contributed by atoms with van der Waals surface area (Å²) in [6, 6.07) is 15.8. The van der Waals surface area contributed by atoms with E-state index in [1.165, 1.54) is 0 Å². The molecule has 1 fully saturated rings. The van der Waals surface area contributed by atoms with Gasteiger partial charge in [0.15, 0.2) is 5.60 Å². The fraction of sp³-hybridized carbons (Fsp3) is 0.435. The second kappa shape index (κ2) is 8.00. The van der Waals surface area contributed by atoms with Crippen molar-refractivity contribution in [1.82, 2.24) is 0 Å². The third-order valence-electron chi connectivity index (χ3n) is 6.54. The van der Waals surface area contributed by atoms with Crippen LogP contribution in [0.4, 0.5) is 9.80 Å². The van der Waals surface area contributed by atoms with E-state index in [0.29, 0.717) is 13.0 Å². The third kappa shape index (κ3) is 3.43. The Bertz CT molecular complexity index is 948. The Hall–Kier alpha value is -1.29. The Morgan fingerprint density at radius 1 is 1.20 bits per heavy atom. The van der Waals surface area contributed by atoms with Crippen LogP contribution in [0.5, 0.6) is 0 Å². The number of nitrogens with zero attached hydrogens (tertiary/aromatic N) is 1. The molecule has 0 bridgehead atoms. The highest BCUT2D eigenvalue weighted by Crippen LogP contribution is 2.60. The van der Waals surface area contributed by atoms with Crippen molar-refractivity contribution in [3.63, 3.8) is 0 Å². The Morgan fingerprint density at radius 3 is 2.50 bits per heavy atom. The summed E-state index contributed by atoms with van der Waals surface area (Å²) in [5.41, 5.74) is 1.12. The molecule has 2 aromatic carbocycles. The van der Waals surface area contributed by atoms with Crippen LogP contribution in [0.1, 0.15) is 24.5 Å². The predicted molar refractivity (Wildman–Crippen MR) is 127 cm³/mol. The van der Waals surface area contributed by atoms with Crippen LogP contribution in [0.25, 0.3) is 0 Å². The number of para-hydroxylation sites is 1. The normalized spacial score (nSPS) is 28.4. The van der Waals surface area contributed by atoms with Crippen LogP contribution in [-0.4, -0.2) is 32.1 Å². The number of benzene rings is 2. The van der Waals surface area contributed by atoms with Gasteiger partial charge in [-0.25, -0.2) is 0 Å². The SMILES string of the molecule is C[C@H]1[C@H]([Si](C)(C)F)[C@@H](CCO)O[C@]12C(=O)N(Cc1ccc(I)cc1)c1ccccc12. The molecule has 2 heterocycles. The molecule has 1 N–H and O–H groups in total. The molecule has 0 aromatic heterocycles. The summed E-state index contributed by atoms with van der Waals surface area (Å²) in [6.45, 7) is 5.65. The summed E-state index contributed by atoms with van der Waals surface area (Å²) in [7, 11) is -3.14. The maximum Gasteiger partial charge on any atom is 0.264 e. The zero-order valence-corrected chi connectivity index (χ0v) is 20.6. The van der Waals surface area contributed by atoms with Gasteiger partial charge in [0.05, 0.1) is 18.3 Å². The van der Waals surface area contributed by atoms with Gasteiger partial charge in [-0.2, -0.15) is 0 Å². The molecule has 30 heavy (non-hydrogen) atoms. The number of aliphatic hydroxyl groups excluding tert-OH is 1. The molecular formula is C23H27FINO3Si. The number of fused-ring (bicyclic) bond motifs is 2. The van der Waals surface area contributed by atoms with Gasteiger partial charge < -0.3 is 18.9 Å². The molecule has 2 aliphatic rings. The molecule has 4 nitrogen and oxygen atoms in total. The maximum atomic E-state index is 15.4. The summed E-state index contributed by atoms with van der Waals surface area (Å²) < 4.78 is 23.0. The molecule has 0 unspecified atom stereocenters. The number of anilines is 1. The van der Waals surface area contributed by atoms with Gasteiger partial charge in [-0.15, -0.1) is 0 Å². The van der Waals surface area contributed by atoms with E-state index < -0.39 is 20.1 Å². The zero-order chi connectivity index (χ0) is 21.7. The fourth-order valence-corrected chi connectivity index (χ4v) is 8.23. The molecule has 4 rings (SSSR count). The smallest absolute Gasteiger partial charge is 0.264 e. The summed E-state index contributed by atoms with van der Waals surface area (Å²) in [6.07, 6.45) is -0.129. The molecule has 7 heteroatoms. The van der Waals surface area contributed by atoms with Gasteiger partial charge in [0.2, 0.25) is 8.41 Å². The van der Waals surface area contributed by atoms with E-state index in [1.807, 2.05) is 55.5 Å². The number of halogens is 2. The molecule has 1 amide bonds. The van der Waals surface area contributed by atoms with E-state index in [0.717, 1.165) is 20.4 Å². The van der Waals surface area contributed by atoms with Crippen LogP contribution < -0.4 is 4.90 Å². The fourth-order valence-electron chi connectivity index (χ4n) is 5.33. The van der Waals surface area contributed by atoms with Crippen molar-refractivity contribution < 1.29 is 18.7 Å². The first kappa shape index (κ1) is 21.9. The molecule has 0 aliphatic carbocycles. The van der Waals surface area contributed by atoms with Crippen LogP contribution in [0, 0.1) is 9.49 Å². The van der Waals surface area contributed by atoms with E-state index in [1.54, 1.807) is 18.0 Å². The quantitative estimate of drug-likeness (QED) is 0.331. The minimum absolute atomic E-state index is 0.0867. The van der Waals surface area contributed by atoms with Gasteiger partial charge in [-0.1, -0.05) is 37.3 Å².